The molecule has 0 aliphatic carbocycles. The van der Waals surface area contributed by atoms with E-state index in [1.54, 1.807) is 4.31 Å². The number of rotatable bonds is 7. The van der Waals surface area contributed by atoms with Crippen LogP contribution >= 0.6 is 0 Å². The number of imidazole rings is 1. The molecule has 26 heavy (non-hydrogen) atoms. The zero-order valence-electron chi connectivity index (χ0n) is 15.8. The Morgan fingerprint density at radius 2 is 2.00 bits per heavy atom. The fourth-order valence-corrected chi connectivity index (χ4v) is 5.37. The summed E-state index contributed by atoms with van der Waals surface area (Å²) in [5.41, 5.74) is 2.40. The highest BCUT2D eigenvalue weighted by Crippen LogP contribution is 2.24. The Balaban J connectivity index is 1.71. The van der Waals surface area contributed by atoms with Gasteiger partial charge in [0.1, 0.15) is 5.82 Å². The maximum absolute atomic E-state index is 12.4. The van der Waals surface area contributed by atoms with Crippen molar-refractivity contribution >= 4 is 10.0 Å². The van der Waals surface area contributed by atoms with E-state index in [0.29, 0.717) is 25.4 Å². The van der Waals surface area contributed by atoms with Gasteiger partial charge in [0.15, 0.2) is 0 Å². The van der Waals surface area contributed by atoms with E-state index in [-0.39, 0.29) is 5.75 Å². The maximum atomic E-state index is 12.4. The molecule has 2 heterocycles. The molecular formula is C20H29N3O2S. The molecule has 6 heteroatoms. The Morgan fingerprint density at radius 3 is 2.73 bits per heavy atom. The van der Waals surface area contributed by atoms with Crippen molar-refractivity contribution in [3.8, 4) is 0 Å². The molecule has 1 atom stereocenters. The molecule has 5 nitrogen and oxygen atoms in total. The van der Waals surface area contributed by atoms with Gasteiger partial charge in [-0.15, -0.1) is 0 Å². The Kier molecular flexibility index (Phi) is 6.14. The van der Waals surface area contributed by atoms with Crippen molar-refractivity contribution in [2.24, 2.45) is 5.92 Å². The third-order valence-electron chi connectivity index (χ3n) is 5.13. The lowest BCUT2D eigenvalue weighted by atomic mass is 9.96. The topological polar surface area (TPSA) is 55.2 Å². The quantitative estimate of drug-likeness (QED) is 0.746. The number of hydrogen-bond donors (Lipinski definition) is 0. The summed E-state index contributed by atoms with van der Waals surface area (Å²) >= 11 is 0. The second-order valence-electron chi connectivity index (χ2n) is 7.27. The van der Waals surface area contributed by atoms with Crippen LogP contribution in [0.2, 0.25) is 0 Å². The first-order valence-electron chi connectivity index (χ1n) is 9.52. The predicted molar refractivity (Wildman–Crippen MR) is 105 cm³/mol. The van der Waals surface area contributed by atoms with Gasteiger partial charge in [0.25, 0.3) is 0 Å². The molecule has 0 amide bonds. The van der Waals surface area contributed by atoms with Crippen molar-refractivity contribution in [2.75, 3.05) is 18.8 Å². The summed E-state index contributed by atoms with van der Waals surface area (Å²) in [5.74, 6) is 1.65. The first-order valence-corrected chi connectivity index (χ1v) is 11.1. The van der Waals surface area contributed by atoms with E-state index in [4.69, 9.17) is 0 Å². The summed E-state index contributed by atoms with van der Waals surface area (Å²) in [6, 6.07) is 10.4. The number of benzene rings is 1. The van der Waals surface area contributed by atoms with Crippen molar-refractivity contribution in [1.29, 1.82) is 0 Å². The predicted octanol–water partition coefficient (Wildman–Crippen LogP) is 3.23. The molecule has 2 aromatic rings. The fraction of sp³-hybridized carbons (Fsp3) is 0.550. The lowest BCUT2D eigenvalue weighted by molar-refractivity contribution is 0.261. The summed E-state index contributed by atoms with van der Waals surface area (Å²) < 4.78 is 28.8. The van der Waals surface area contributed by atoms with Gasteiger partial charge in [-0.1, -0.05) is 37.3 Å². The number of hydrogen-bond acceptors (Lipinski definition) is 3. The molecule has 0 N–H and O–H groups in total. The maximum Gasteiger partial charge on any atom is 0.214 e. The van der Waals surface area contributed by atoms with Gasteiger partial charge in [0.2, 0.25) is 10.0 Å². The Bertz CT molecular complexity index is 815. The highest BCUT2D eigenvalue weighted by atomic mass is 32.2. The standard InChI is InChI=1S/C20H29N3O2S/c1-3-12-26(24,25)22-11-7-10-19(15-22)13-20-21-14-17(2)23(20)16-18-8-5-4-6-9-18/h4-6,8-9,14,19H,3,7,10-13,15-16H2,1-2H3. The molecule has 0 saturated carbocycles. The molecule has 1 unspecified atom stereocenters. The van der Waals surface area contributed by atoms with Crippen LogP contribution in [0.15, 0.2) is 36.5 Å². The summed E-state index contributed by atoms with van der Waals surface area (Å²) in [6.07, 6.45) is 5.43. The zero-order valence-corrected chi connectivity index (χ0v) is 16.6. The molecule has 1 aromatic heterocycles. The lowest BCUT2D eigenvalue weighted by Gasteiger charge is -2.32. The minimum absolute atomic E-state index is 0.251. The zero-order chi connectivity index (χ0) is 18.6. The Morgan fingerprint density at radius 1 is 1.23 bits per heavy atom. The third-order valence-corrected chi connectivity index (χ3v) is 7.17. The van der Waals surface area contributed by atoms with E-state index < -0.39 is 10.0 Å². The molecule has 1 saturated heterocycles. The van der Waals surface area contributed by atoms with Gasteiger partial charge in [-0.3, -0.25) is 0 Å². The normalized spacial score (nSPS) is 18.9. The van der Waals surface area contributed by atoms with Crippen LogP contribution < -0.4 is 0 Å². The van der Waals surface area contributed by atoms with Gasteiger partial charge < -0.3 is 4.57 Å². The largest absolute Gasteiger partial charge is 0.328 e. The van der Waals surface area contributed by atoms with Crippen molar-refractivity contribution < 1.29 is 8.42 Å². The number of sulfonamides is 1. The first kappa shape index (κ1) is 19.1. The van der Waals surface area contributed by atoms with Gasteiger partial charge in [-0.2, -0.15) is 0 Å². The average molecular weight is 376 g/mol. The first-order chi connectivity index (χ1) is 12.5. The van der Waals surface area contributed by atoms with E-state index in [0.717, 1.165) is 37.3 Å². The number of nitrogens with zero attached hydrogens (tertiary/aromatic N) is 3. The minimum atomic E-state index is -3.11. The van der Waals surface area contributed by atoms with E-state index in [1.165, 1.54) is 5.56 Å². The van der Waals surface area contributed by atoms with Crippen LogP contribution in [0.4, 0.5) is 0 Å². The molecule has 0 spiro atoms. The highest BCUT2D eigenvalue weighted by molar-refractivity contribution is 7.89. The van der Waals surface area contributed by atoms with Crippen LogP contribution in [0, 0.1) is 12.8 Å². The SMILES string of the molecule is CCCS(=O)(=O)N1CCCC(Cc2ncc(C)n2Cc2ccccc2)C1. The van der Waals surface area contributed by atoms with Crippen molar-refractivity contribution in [3.05, 3.63) is 53.6 Å². The summed E-state index contributed by atoms with van der Waals surface area (Å²) in [4.78, 5) is 4.62. The van der Waals surface area contributed by atoms with Crippen LogP contribution in [-0.2, 0) is 23.0 Å². The molecule has 1 aliphatic heterocycles. The molecule has 1 aromatic carbocycles. The van der Waals surface area contributed by atoms with Crippen molar-refractivity contribution in [1.82, 2.24) is 13.9 Å². The number of aromatic nitrogens is 2. The smallest absolute Gasteiger partial charge is 0.214 e. The van der Waals surface area contributed by atoms with E-state index in [1.807, 2.05) is 19.2 Å². The van der Waals surface area contributed by atoms with Gasteiger partial charge in [0.05, 0.1) is 5.75 Å². The van der Waals surface area contributed by atoms with Crippen molar-refractivity contribution in [2.45, 2.75) is 46.1 Å². The number of piperidine rings is 1. The second kappa shape index (κ2) is 8.35. The fourth-order valence-electron chi connectivity index (χ4n) is 3.75. The average Bonchev–Trinajstić information content (AvgIpc) is 2.96. The third kappa shape index (κ3) is 4.54. The summed E-state index contributed by atoms with van der Waals surface area (Å²) in [5, 5.41) is 0. The Labute approximate surface area is 157 Å². The van der Waals surface area contributed by atoms with Gasteiger partial charge in [-0.05, 0) is 37.7 Å². The molecular weight excluding hydrogens is 346 g/mol. The molecule has 1 fully saturated rings. The van der Waals surface area contributed by atoms with Crippen LogP contribution in [0.25, 0.3) is 0 Å². The van der Waals surface area contributed by atoms with E-state index in [9.17, 15) is 8.42 Å². The van der Waals surface area contributed by atoms with Crippen LogP contribution in [-0.4, -0.2) is 41.1 Å². The summed E-state index contributed by atoms with van der Waals surface area (Å²) in [6.45, 7) is 6.10. The van der Waals surface area contributed by atoms with Gasteiger partial charge in [0, 0.05) is 37.9 Å². The van der Waals surface area contributed by atoms with Crippen LogP contribution in [0.5, 0.6) is 0 Å². The van der Waals surface area contributed by atoms with Crippen LogP contribution in [0.1, 0.15) is 43.3 Å². The summed E-state index contributed by atoms with van der Waals surface area (Å²) in [7, 11) is -3.11. The lowest BCUT2D eigenvalue weighted by Crippen LogP contribution is -2.41. The highest BCUT2D eigenvalue weighted by Gasteiger charge is 2.29. The number of aryl methyl sites for hydroxylation is 1. The van der Waals surface area contributed by atoms with Gasteiger partial charge in [-0.25, -0.2) is 17.7 Å². The monoisotopic (exact) mass is 375 g/mol. The second-order valence-corrected chi connectivity index (χ2v) is 9.36. The van der Waals surface area contributed by atoms with Crippen LogP contribution in [0.3, 0.4) is 0 Å². The molecule has 0 radical (unpaired) electrons. The molecule has 1 aliphatic rings. The molecule has 3 rings (SSSR count). The van der Waals surface area contributed by atoms with E-state index >= 15 is 0 Å². The molecule has 0 bridgehead atoms. The minimum Gasteiger partial charge on any atom is -0.328 e. The van der Waals surface area contributed by atoms with E-state index in [2.05, 4.69) is 40.7 Å². The Hall–Kier alpha value is -1.66. The molecule has 142 valence electrons. The van der Waals surface area contributed by atoms with Crippen molar-refractivity contribution in [3.63, 3.8) is 0 Å². The van der Waals surface area contributed by atoms with Gasteiger partial charge >= 0.3 is 0 Å².